The molecule has 0 unspecified atom stereocenters. The van der Waals surface area contributed by atoms with Gasteiger partial charge in [-0.3, -0.25) is 0 Å². The Labute approximate surface area is 92.6 Å². The van der Waals surface area contributed by atoms with E-state index in [1.165, 1.54) is 11.1 Å². The molecule has 0 saturated heterocycles. The molecule has 1 aromatic carbocycles. The third-order valence-electron chi connectivity index (χ3n) is 2.37. The summed E-state index contributed by atoms with van der Waals surface area (Å²) in [5.41, 5.74) is 2.80. The van der Waals surface area contributed by atoms with Gasteiger partial charge < -0.3 is 17.7 Å². The lowest BCUT2D eigenvalue weighted by molar-refractivity contribution is -0.670. The summed E-state index contributed by atoms with van der Waals surface area (Å²) in [7, 11) is 0. The highest BCUT2D eigenvalue weighted by molar-refractivity contribution is 5.29. The van der Waals surface area contributed by atoms with E-state index in [0.29, 0.717) is 0 Å². The Morgan fingerprint density at radius 2 is 1.86 bits per heavy atom. The molecule has 0 aliphatic heterocycles. The first-order valence-electron chi connectivity index (χ1n) is 4.61. The van der Waals surface area contributed by atoms with E-state index in [1.807, 2.05) is 6.20 Å². The Hall–Kier alpha value is -0.790. The summed E-state index contributed by atoms with van der Waals surface area (Å²) in [6, 6.07) is 8.48. The number of rotatable bonds is 3. The molecular formula is C12H18ClN. The third-order valence-corrected chi connectivity index (χ3v) is 2.37. The fraction of sp³-hybridized carbons (Fsp3) is 0.333. The van der Waals surface area contributed by atoms with Crippen LogP contribution in [0.3, 0.4) is 0 Å². The van der Waals surface area contributed by atoms with Crippen molar-refractivity contribution in [3.63, 3.8) is 0 Å². The SMILES string of the molecule is C=C[NH2+]C(C)(C)c1ccccc1C.[Cl-]. The summed E-state index contributed by atoms with van der Waals surface area (Å²) < 4.78 is 0. The van der Waals surface area contributed by atoms with E-state index >= 15 is 0 Å². The number of hydrogen-bond acceptors (Lipinski definition) is 0. The molecular weight excluding hydrogens is 194 g/mol. The second-order valence-electron chi connectivity index (χ2n) is 3.94. The molecule has 2 heteroatoms. The van der Waals surface area contributed by atoms with Gasteiger partial charge in [-0.1, -0.05) is 24.3 Å². The van der Waals surface area contributed by atoms with Crippen molar-refractivity contribution < 1.29 is 17.7 Å². The van der Waals surface area contributed by atoms with Crippen molar-refractivity contribution in [1.82, 2.24) is 0 Å². The average molecular weight is 212 g/mol. The van der Waals surface area contributed by atoms with Gasteiger partial charge in [-0.2, -0.15) is 0 Å². The number of benzene rings is 1. The van der Waals surface area contributed by atoms with Crippen molar-refractivity contribution in [2.45, 2.75) is 26.3 Å². The predicted octanol–water partition coefficient (Wildman–Crippen LogP) is -1.06. The molecule has 0 aliphatic carbocycles. The molecule has 0 aliphatic rings. The third kappa shape index (κ3) is 2.86. The summed E-state index contributed by atoms with van der Waals surface area (Å²) in [6.07, 6.45) is 1.87. The zero-order valence-electron chi connectivity index (χ0n) is 9.05. The lowest BCUT2D eigenvalue weighted by atomic mass is 9.91. The van der Waals surface area contributed by atoms with Gasteiger partial charge in [0, 0.05) is 5.56 Å². The van der Waals surface area contributed by atoms with Gasteiger partial charge in [-0.25, -0.2) is 0 Å². The smallest absolute Gasteiger partial charge is 0.120 e. The molecule has 78 valence electrons. The van der Waals surface area contributed by atoms with Gasteiger partial charge in [0.05, 0.1) is 6.20 Å². The first-order chi connectivity index (χ1) is 6.08. The van der Waals surface area contributed by atoms with Crippen LogP contribution in [0, 0.1) is 6.92 Å². The van der Waals surface area contributed by atoms with Gasteiger partial charge in [-0.05, 0) is 32.9 Å². The van der Waals surface area contributed by atoms with E-state index in [1.54, 1.807) is 0 Å². The summed E-state index contributed by atoms with van der Waals surface area (Å²) >= 11 is 0. The number of halogens is 1. The zero-order chi connectivity index (χ0) is 9.90. The minimum atomic E-state index is 0. The zero-order valence-corrected chi connectivity index (χ0v) is 9.81. The lowest BCUT2D eigenvalue weighted by Gasteiger charge is -2.22. The Balaban J connectivity index is 0.00000169. The van der Waals surface area contributed by atoms with E-state index in [2.05, 4.69) is 56.9 Å². The fourth-order valence-electron chi connectivity index (χ4n) is 1.68. The van der Waals surface area contributed by atoms with Crippen molar-refractivity contribution in [3.05, 3.63) is 48.2 Å². The van der Waals surface area contributed by atoms with Crippen LogP contribution in [0.4, 0.5) is 0 Å². The number of aryl methyl sites for hydroxylation is 1. The molecule has 0 saturated carbocycles. The highest BCUT2D eigenvalue weighted by Crippen LogP contribution is 2.18. The molecule has 0 amide bonds. The number of nitrogens with two attached hydrogens (primary N) is 1. The molecule has 0 bridgehead atoms. The Morgan fingerprint density at radius 1 is 1.29 bits per heavy atom. The average Bonchev–Trinajstić information content (AvgIpc) is 2.04. The Bertz CT molecular complexity index is 305. The first kappa shape index (κ1) is 13.2. The van der Waals surface area contributed by atoms with Gasteiger partial charge in [-0.15, -0.1) is 0 Å². The molecule has 0 aromatic heterocycles. The van der Waals surface area contributed by atoms with Gasteiger partial charge in [0.25, 0.3) is 0 Å². The van der Waals surface area contributed by atoms with Crippen LogP contribution < -0.4 is 17.7 Å². The Morgan fingerprint density at radius 3 is 2.36 bits per heavy atom. The quantitative estimate of drug-likeness (QED) is 0.657. The lowest BCUT2D eigenvalue weighted by Crippen LogP contribution is -3.00. The van der Waals surface area contributed by atoms with Crippen LogP contribution in [0.2, 0.25) is 0 Å². The summed E-state index contributed by atoms with van der Waals surface area (Å²) in [5.74, 6) is 0. The molecule has 0 spiro atoms. The van der Waals surface area contributed by atoms with Crippen LogP contribution in [-0.4, -0.2) is 0 Å². The second-order valence-corrected chi connectivity index (χ2v) is 3.94. The van der Waals surface area contributed by atoms with E-state index < -0.39 is 0 Å². The van der Waals surface area contributed by atoms with Crippen molar-refractivity contribution in [2.75, 3.05) is 0 Å². The van der Waals surface area contributed by atoms with Gasteiger partial charge in [0.1, 0.15) is 5.54 Å². The van der Waals surface area contributed by atoms with E-state index in [9.17, 15) is 0 Å². The van der Waals surface area contributed by atoms with Gasteiger partial charge in [0.15, 0.2) is 0 Å². The number of hydrogen-bond donors (Lipinski definition) is 1. The second kappa shape index (κ2) is 5.18. The van der Waals surface area contributed by atoms with E-state index in [4.69, 9.17) is 0 Å². The van der Waals surface area contributed by atoms with Gasteiger partial charge >= 0.3 is 0 Å². The normalized spacial score (nSPS) is 10.5. The standard InChI is InChI=1S/C12H17N.ClH/c1-5-13-12(3,4)11-9-7-6-8-10(11)2;/h5-9,13H,1H2,2-4H3;1H. The van der Waals surface area contributed by atoms with E-state index in [0.717, 1.165) is 0 Å². The molecule has 0 heterocycles. The van der Waals surface area contributed by atoms with Crippen molar-refractivity contribution in [2.24, 2.45) is 0 Å². The molecule has 0 fully saturated rings. The maximum atomic E-state index is 3.75. The largest absolute Gasteiger partial charge is 1.00 e. The van der Waals surface area contributed by atoms with Crippen LogP contribution >= 0.6 is 0 Å². The minimum absolute atomic E-state index is 0. The molecule has 1 aromatic rings. The van der Waals surface area contributed by atoms with Crippen LogP contribution in [0.5, 0.6) is 0 Å². The maximum absolute atomic E-state index is 3.75. The topological polar surface area (TPSA) is 16.6 Å². The maximum Gasteiger partial charge on any atom is 0.120 e. The monoisotopic (exact) mass is 211 g/mol. The summed E-state index contributed by atoms with van der Waals surface area (Å²) in [5, 5.41) is 2.13. The number of quaternary nitrogens is 1. The highest BCUT2D eigenvalue weighted by Gasteiger charge is 2.23. The van der Waals surface area contributed by atoms with Gasteiger partial charge in [0.2, 0.25) is 0 Å². The highest BCUT2D eigenvalue weighted by atomic mass is 35.5. The summed E-state index contributed by atoms with van der Waals surface area (Å²) in [4.78, 5) is 0. The first-order valence-corrected chi connectivity index (χ1v) is 4.61. The van der Waals surface area contributed by atoms with Crippen LogP contribution in [-0.2, 0) is 5.54 Å². The molecule has 0 radical (unpaired) electrons. The van der Waals surface area contributed by atoms with E-state index in [-0.39, 0.29) is 17.9 Å². The minimum Gasteiger partial charge on any atom is -1.00 e. The molecule has 1 rings (SSSR count). The van der Waals surface area contributed by atoms with Crippen molar-refractivity contribution in [1.29, 1.82) is 0 Å². The van der Waals surface area contributed by atoms with Crippen LogP contribution in [0.1, 0.15) is 25.0 Å². The van der Waals surface area contributed by atoms with Crippen LogP contribution in [0.15, 0.2) is 37.0 Å². The Kier molecular flexibility index (Phi) is 4.89. The molecule has 2 N–H and O–H groups in total. The van der Waals surface area contributed by atoms with Crippen LogP contribution in [0.25, 0.3) is 0 Å². The fourth-order valence-corrected chi connectivity index (χ4v) is 1.68. The molecule has 1 nitrogen and oxygen atoms in total. The molecule has 0 atom stereocenters. The van der Waals surface area contributed by atoms with Crippen molar-refractivity contribution >= 4 is 0 Å². The molecule has 14 heavy (non-hydrogen) atoms. The predicted molar refractivity (Wildman–Crippen MR) is 56.3 cm³/mol. The van der Waals surface area contributed by atoms with Crippen molar-refractivity contribution in [3.8, 4) is 0 Å². The summed E-state index contributed by atoms with van der Waals surface area (Å²) in [6.45, 7) is 10.3.